The molecule has 1 aromatic heterocycles. The largest absolute Gasteiger partial charge is 0.467 e. The van der Waals surface area contributed by atoms with Crippen LogP contribution < -0.4 is 10.1 Å². The first-order valence-corrected chi connectivity index (χ1v) is 6.73. The number of hydrogen-bond acceptors (Lipinski definition) is 5. The summed E-state index contributed by atoms with van der Waals surface area (Å²) in [5.74, 6) is 0. The third kappa shape index (κ3) is 3.40. The highest BCUT2D eigenvalue weighted by Gasteiger charge is 2.28. The summed E-state index contributed by atoms with van der Waals surface area (Å²) in [6.45, 7) is 10.5. The second-order valence-corrected chi connectivity index (χ2v) is 6.23. The SMILES string of the molecule is Cc1nc(OCC2CNCC(C)(C)O2)sc1C. The zero-order valence-electron chi connectivity index (χ0n) is 10.9. The van der Waals surface area contributed by atoms with E-state index in [1.807, 2.05) is 6.92 Å². The first-order chi connectivity index (χ1) is 7.96. The van der Waals surface area contributed by atoms with E-state index in [0.717, 1.165) is 24.0 Å². The molecule has 1 unspecified atom stereocenters. The lowest BCUT2D eigenvalue weighted by Gasteiger charge is -2.36. The summed E-state index contributed by atoms with van der Waals surface area (Å²) < 4.78 is 11.6. The van der Waals surface area contributed by atoms with Crippen LogP contribution in [0.5, 0.6) is 5.19 Å². The summed E-state index contributed by atoms with van der Waals surface area (Å²) in [6, 6.07) is 0. The molecule has 1 aliphatic heterocycles. The molecule has 0 bridgehead atoms. The molecule has 96 valence electrons. The molecule has 0 aliphatic carbocycles. The zero-order valence-corrected chi connectivity index (χ0v) is 11.7. The van der Waals surface area contributed by atoms with Gasteiger partial charge in [0.25, 0.3) is 5.19 Å². The quantitative estimate of drug-likeness (QED) is 0.897. The van der Waals surface area contributed by atoms with Gasteiger partial charge in [0.15, 0.2) is 0 Å². The molecule has 4 nitrogen and oxygen atoms in total. The van der Waals surface area contributed by atoms with Gasteiger partial charge < -0.3 is 14.8 Å². The molecule has 2 heterocycles. The van der Waals surface area contributed by atoms with E-state index in [1.165, 1.54) is 4.88 Å². The molecule has 1 N–H and O–H groups in total. The summed E-state index contributed by atoms with van der Waals surface area (Å²) >= 11 is 1.59. The second kappa shape index (κ2) is 4.92. The first-order valence-electron chi connectivity index (χ1n) is 5.92. The van der Waals surface area contributed by atoms with E-state index < -0.39 is 0 Å². The van der Waals surface area contributed by atoms with Gasteiger partial charge in [-0.15, -0.1) is 0 Å². The van der Waals surface area contributed by atoms with Gasteiger partial charge in [-0.2, -0.15) is 0 Å². The van der Waals surface area contributed by atoms with E-state index in [1.54, 1.807) is 11.3 Å². The normalized spacial score (nSPS) is 23.6. The fourth-order valence-corrected chi connectivity index (χ4v) is 2.60. The van der Waals surface area contributed by atoms with Gasteiger partial charge in [-0.05, 0) is 27.7 Å². The Kier molecular flexibility index (Phi) is 3.70. The summed E-state index contributed by atoms with van der Waals surface area (Å²) in [5.41, 5.74) is 0.939. The highest BCUT2D eigenvalue weighted by molar-refractivity contribution is 7.13. The van der Waals surface area contributed by atoms with Crippen LogP contribution >= 0.6 is 11.3 Å². The van der Waals surface area contributed by atoms with Crippen molar-refractivity contribution in [2.24, 2.45) is 0 Å². The highest BCUT2D eigenvalue weighted by atomic mass is 32.1. The van der Waals surface area contributed by atoms with Gasteiger partial charge in [0, 0.05) is 18.0 Å². The summed E-state index contributed by atoms with van der Waals surface area (Å²) in [7, 11) is 0. The molecule has 1 fully saturated rings. The average molecular weight is 256 g/mol. The predicted molar refractivity (Wildman–Crippen MR) is 68.9 cm³/mol. The fraction of sp³-hybridized carbons (Fsp3) is 0.750. The van der Waals surface area contributed by atoms with E-state index in [-0.39, 0.29) is 11.7 Å². The van der Waals surface area contributed by atoms with Crippen LogP contribution in [0.4, 0.5) is 0 Å². The van der Waals surface area contributed by atoms with Gasteiger partial charge >= 0.3 is 0 Å². The van der Waals surface area contributed by atoms with Crippen molar-refractivity contribution in [3.63, 3.8) is 0 Å². The molecule has 0 amide bonds. The maximum Gasteiger partial charge on any atom is 0.273 e. The van der Waals surface area contributed by atoms with E-state index in [0.29, 0.717) is 6.61 Å². The number of nitrogens with zero attached hydrogens (tertiary/aromatic N) is 1. The van der Waals surface area contributed by atoms with Crippen LogP contribution in [0.3, 0.4) is 0 Å². The first kappa shape index (κ1) is 12.8. The number of thiazole rings is 1. The van der Waals surface area contributed by atoms with Crippen LogP contribution in [0.2, 0.25) is 0 Å². The molecule has 1 aromatic rings. The van der Waals surface area contributed by atoms with Crippen LogP contribution in [0, 0.1) is 13.8 Å². The molecule has 17 heavy (non-hydrogen) atoms. The van der Waals surface area contributed by atoms with Crippen molar-refractivity contribution in [3.8, 4) is 5.19 Å². The van der Waals surface area contributed by atoms with Crippen LogP contribution in [0.15, 0.2) is 0 Å². The van der Waals surface area contributed by atoms with Gasteiger partial charge in [-0.1, -0.05) is 11.3 Å². The second-order valence-electron chi connectivity index (χ2n) is 5.06. The lowest BCUT2D eigenvalue weighted by atomic mass is 10.1. The lowest BCUT2D eigenvalue weighted by molar-refractivity contribution is -0.107. The number of hydrogen-bond donors (Lipinski definition) is 1. The Morgan fingerprint density at radius 2 is 2.29 bits per heavy atom. The number of nitrogens with one attached hydrogen (secondary N) is 1. The van der Waals surface area contributed by atoms with Crippen LogP contribution in [-0.2, 0) is 4.74 Å². The van der Waals surface area contributed by atoms with Crippen molar-refractivity contribution < 1.29 is 9.47 Å². The number of aromatic nitrogens is 1. The van der Waals surface area contributed by atoms with E-state index in [2.05, 4.69) is 31.1 Å². The number of rotatable bonds is 3. The third-order valence-electron chi connectivity index (χ3n) is 2.81. The van der Waals surface area contributed by atoms with Crippen LogP contribution in [0.25, 0.3) is 0 Å². The predicted octanol–water partition coefficient (Wildman–Crippen LogP) is 1.91. The van der Waals surface area contributed by atoms with Gasteiger partial charge in [-0.25, -0.2) is 4.98 Å². The molecule has 1 aliphatic rings. The van der Waals surface area contributed by atoms with Crippen molar-refractivity contribution >= 4 is 11.3 Å². The maximum atomic E-state index is 5.92. The minimum Gasteiger partial charge on any atom is -0.467 e. The van der Waals surface area contributed by atoms with Crippen molar-refractivity contribution in [3.05, 3.63) is 10.6 Å². The Morgan fingerprint density at radius 1 is 1.53 bits per heavy atom. The Balaban J connectivity index is 1.86. The van der Waals surface area contributed by atoms with Crippen molar-refractivity contribution in [2.75, 3.05) is 19.7 Å². The maximum absolute atomic E-state index is 5.92. The third-order valence-corrected chi connectivity index (χ3v) is 3.80. The minimum atomic E-state index is -0.110. The van der Waals surface area contributed by atoms with Gasteiger partial charge in [0.1, 0.15) is 12.7 Å². The topological polar surface area (TPSA) is 43.4 Å². The van der Waals surface area contributed by atoms with E-state index in [9.17, 15) is 0 Å². The Morgan fingerprint density at radius 3 is 2.88 bits per heavy atom. The van der Waals surface area contributed by atoms with Crippen LogP contribution in [-0.4, -0.2) is 36.4 Å². The van der Waals surface area contributed by atoms with E-state index in [4.69, 9.17) is 9.47 Å². The fourth-order valence-electron chi connectivity index (χ4n) is 1.83. The molecule has 5 heteroatoms. The summed E-state index contributed by atoms with van der Waals surface area (Å²) in [4.78, 5) is 5.56. The summed E-state index contributed by atoms with van der Waals surface area (Å²) in [6.07, 6.45) is 0.100. The standard InChI is InChI=1S/C12H20N2O2S/c1-8-9(2)17-11(14-8)15-6-10-5-13-7-12(3,4)16-10/h10,13H,5-7H2,1-4H3. The van der Waals surface area contributed by atoms with Crippen molar-refractivity contribution in [1.29, 1.82) is 0 Å². The molecule has 0 radical (unpaired) electrons. The van der Waals surface area contributed by atoms with Gasteiger partial charge in [0.2, 0.25) is 0 Å². The van der Waals surface area contributed by atoms with Gasteiger partial charge in [0.05, 0.1) is 11.3 Å². The smallest absolute Gasteiger partial charge is 0.273 e. The monoisotopic (exact) mass is 256 g/mol. The lowest BCUT2D eigenvalue weighted by Crippen LogP contribution is -2.52. The number of ether oxygens (including phenoxy) is 2. The molecule has 1 saturated heterocycles. The van der Waals surface area contributed by atoms with Crippen molar-refractivity contribution in [1.82, 2.24) is 10.3 Å². The van der Waals surface area contributed by atoms with Crippen LogP contribution in [0.1, 0.15) is 24.4 Å². The number of morpholine rings is 1. The molecular formula is C12H20N2O2S. The number of aryl methyl sites for hydroxylation is 2. The average Bonchev–Trinajstić information content (AvgIpc) is 2.54. The zero-order chi connectivity index (χ0) is 12.5. The Bertz CT molecular complexity index is 370. The molecule has 0 saturated carbocycles. The highest BCUT2D eigenvalue weighted by Crippen LogP contribution is 2.24. The molecule has 1 atom stereocenters. The van der Waals surface area contributed by atoms with Gasteiger partial charge in [-0.3, -0.25) is 0 Å². The molecule has 2 rings (SSSR count). The van der Waals surface area contributed by atoms with E-state index >= 15 is 0 Å². The van der Waals surface area contributed by atoms with Crippen molar-refractivity contribution in [2.45, 2.75) is 39.4 Å². The Labute approximate surface area is 106 Å². The molecule has 0 aromatic carbocycles. The molecule has 0 spiro atoms. The minimum absolute atomic E-state index is 0.100. The Hall–Kier alpha value is -0.650. The summed E-state index contributed by atoms with van der Waals surface area (Å²) in [5, 5.41) is 4.10. The molecular weight excluding hydrogens is 236 g/mol.